The molecule has 0 N–H and O–H groups in total. The van der Waals surface area contributed by atoms with E-state index in [-0.39, 0.29) is 0 Å². The van der Waals surface area contributed by atoms with Crippen molar-refractivity contribution in [1.82, 2.24) is 19.7 Å². The molecule has 0 aliphatic carbocycles. The van der Waals surface area contributed by atoms with Crippen LogP contribution < -0.4 is 0 Å². The van der Waals surface area contributed by atoms with Gasteiger partial charge in [0, 0.05) is 42.8 Å². The lowest BCUT2D eigenvalue weighted by atomic mass is 9.93. The molecule has 2 aromatic rings. The van der Waals surface area contributed by atoms with Gasteiger partial charge in [-0.15, -0.1) is 0 Å². The number of rotatable bonds is 5. The first kappa shape index (κ1) is 16.2. The summed E-state index contributed by atoms with van der Waals surface area (Å²) in [6.45, 7) is 10.7. The van der Waals surface area contributed by atoms with Crippen molar-refractivity contribution in [2.24, 2.45) is 5.92 Å². The van der Waals surface area contributed by atoms with Crippen LogP contribution in [-0.2, 0) is 19.5 Å². The Morgan fingerprint density at radius 2 is 2.13 bits per heavy atom. The topological polar surface area (TPSA) is 34.0 Å². The maximum atomic E-state index is 4.67. The van der Waals surface area contributed by atoms with Gasteiger partial charge in [-0.1, -0.05) is 6.07 Å². The van der Waals surface area contributed by atoms with Gasteiger partial charge >= 0.3 is 0 Å². The van der Waals surface area contributed by atoms with E-state index < -0.39 is 0 Å². The minimum atomic E-state index is 0.722. The number of aryl methyl sites for hydroxylation is 3. The fourth-order valence-electron chi connectivity index (χ4n) is 3.59. The van der Waals surface area contributed by atoms with Crippen molar-refractivity contribution < 1.29 is 0 Å². The molecule has 0 unspecified atom stereocenters. The summed E-state index contributed by atoms with van der Waals surface area (Å²) in [7, 11) is 0. The van der Waals surface area contributed by atoms with Crippen LogP contribution in [0.15, 0.2) is 24.4 Å². The fourth-order valence-corrected chi connectivity index (χ4v) is 3.59. The number of pyridine rings is 1. The maximum Gasteiger partial charge on any atom is 0.0638 e. The summed E-state index contributed by atoms with van der Waals surface area (Å²) in [5.74, 6) is 0.722. The smallest absolute Gasteiger partial charge is 0.0638 e. The second-order valence-corrected chi connectivity index (χ2v) is 6.81. The summed E-state index contributed by atoms with van der Waals surface area (Å²) >= 11 is 0. The predicted octanol–water partition coefficient (Wildman–Crippen LogP) is 3.37. The normalized spacial score (nSPS) is 19.2. The molecule has 1 saturated heterocycles. The van der Waals surface area contributed by atoms with Crippen molar-refractivity contribution >= 4 is 0 Å². The van der Waals surface area contributed by atoms with E-state index in [2.05, 4.69) is 60.1 Å². The molecule has 23 heavy (non-hydrogen) atoms. The standard InChI is InChI=1S/C19H28N4/c1-4-23-14-18(16(3)21-23)13-22-10-6-8-17(12-22)11-19-9-5-7-15(2)20-19/h5,7,9,14,17H,4,6,8,10-13H2,1-3H3/t17-/m0/s1. The average Bonchev–Trinajstić information content (AvgIpc) is 2.88. The molecule has 0 saturated carbocycles. The Morgan fingerprint density at radius 3 is 2.87 bits per heavy atom. The van der Waals surface area contributed by atoms with Gasteiger partial charge in [0.05, 0.1) is 5.69 Å². The maximum absolute atomic E-state index is 4.67. The summed E-state index contributed by atoms with van der Waals surface area (Å²) in [5.41, 5.74) is 4.92. The van der Waals surface area contributed by atoms with Crippen molar-refractivity contribution in [3.8, 4) is 0 Å². The summed E-state index contributed by atoms with van der Waals surface area (Å²) in [6, 6.07) is 6.37. The molecule has 0 spiro atoms. The molecular weight excluding hydrogens is 284 g/mol. The van der Waals surface area contributed by atoms with E-state index in [0.717, 1.165) is 31.1 Å². The molecule has 1 aliphatic heterocycles. The number of nitrogens with zero attached hydrogens (tertiary/aromatic N) is 4. The van der Waals surface area contributed by atoms with Crippen LogP contribution in [0.4, 0.5) is 0 Å². The fraction of sp³-hybridized carbons (Fsp3) is 0.579. The van der Waals surface area contributed by atoms with Crippen LogP contribution >= 0.6 is 0 Å². The Bertz CT molecular complexity index is 647. The second-order valence-electron chi connectivity index (χ2n) is 6.81. The molecule has 4 heteroatoms. The number of aromatic nitrogens is 3. The van der Waals surface area contributed by atoms with E-state index >= 15 is 0 Å². The quantitative estimate of drug-likeness (QED) is 0.849. The third-order valence-corrected chi connectivity index (χ3v) is 4.81. The SMILES string of the molecule is CCn1cc(CN2CCC[C@@H](Cc3cccc(C)n3)C2)c(C)n1. The lowest BCUT2D eigenvalue weighted by Gasteiger charge is -2.32. The second kappa shape index (κ2) is 7.26. The average molecular weight is 312 g/mol. The number of hydrogen-bond acceptors (Lipinski definition) is 3. The highest BCUT2D eigenvalue weighted by atomic mass is 15.3. The lowest BCUT2D eigenvalue weighted by molar-refractivity contribution is 0.166. The zero-order valence-electron chi connectivity index (χ0n) is 14.6. The van der Waals surface area contributed by atoms with Gasteiger partial charge in [0.2, 0.25) is 0 Å². The molecule has 0 bridgehead atoms. The molecule has 4 nitrogen and oxygen atoms in total. The van der Waals surface area contributed by atoms with Gasteiger partial charge in [-0.05, 0) is 64.6 Å². The van der Waals surface area contributed by atoms with E-state index in [1.54, 1.807) is 0 Å². The first-order chi connectivity index (χ1) is 11.1. The van der Waals surface area contributed by atoms with Crippen LogP contribution in [0.2, 0.25) is 0 Å². The van der Waals surface area contributed by atoms with Crippen LogP contribution in [0, 0.1) is 19.8 Å². The number of likely N-dealkylation sites (tertiary alicyclic amines) is 1. The Balaban J connectivity index is 1.60. The summed E-state index contributed by atoms with van der Waals surface area (Å²) in [6.07, 6.45) is 5.92. The highest BCUT2D eigenvalue weighted by Crippen LogP contribution is 2.22. The van der Waals surface area contributed by atoms with Crippen molar-refractivity contribution in [2.45, 2.75) is 53.1 Å². The summed E-state index contributed by atoms with van der Waals surface area (Å²) in [4.78, 5) is 7.26. The molecule has 0 amide bonds. The van der Waals surface area contributed by atoms with Gasteiger partial charge < -0.3 is 0 Å². The Labute approximate surface area is 139 Å². The van der Waals surface area contributed by atoms with Crippen molar-refractivity contribution in [2.75, 3.05) is 13.1 Å². The predicted molar refractivity (Wildman–Crippen MR) is 93.3 cm³/mol. The molecule has 124 valence electrons. The van der Waals surface area contributed by atoms with E-state index in [1.807, 2.05) is 4.68 Å². The zero-order chi connectivity index (χ0) is 16.2. The van der Waals surface area contributed by atoms with Crippen molar-refractivity contribution in [3.05, 3.63) is 47.0 Å². The molecule has 1 atom stereocenters. The summed E-state index contributed by atoms with van der Waals surface area (Å²) < 4.78 is 2.04. The minimum Gasteiger partial charge on any atom is -0.299 e. The third kappa shape index (κ3) is 4.20. The van der Waals surface area contributed by atoms with Crippen molar-refractivity contribution in [1.29, 1.82) is 0 Å². The van der Waals surface area contributed by atoms with Gasteiger partial charge in [0.1, 0.15) is 0 Å². The lowest BCUT2D eigenvalue weighted by Crippen LogP contribution is -2.35. The molecule has 0 aromatic carbocycles. The Morgan fingerprint density at radius 1 is 1.26 bits per heavy atom. The Kier molecular flexibility index (Phi) is 5.11. The first-order valence-electron chi connectivity index (χ1n) is 8.82. The van der Waals surface area contributed by atoms with Crippen LogP contribution in [0.5, 0.6) is 0 Å². The molecule has 2 aromatic heterocycles. The molecule has 0 radical (unpaired) electrons. The number of piperidine rings is 1. The molecule has 1 fully saturated rings. The molecule has 1 aliphatic rings. The van der Waals surface area contributed by atoms with E-state index in [1.165, 1.54) is 42.9 Å². The van der Waals surface area contributed by atoms with Crippen molar-refractivity contribution in [3.63, 3.8) is 0 Å². The highest BCUT2D eigenvalue weighted by molar-refractivity contribution is 5.15. The number of hydrogen-bond donors (Lipinski definition) is 0. The molecule has 3 heterocycles. The van der Waals surface area contributed by atoms with Gasteiger partial charge in [-0.2, -0.15) is 5.10 Å². The zero-order valence-corrected chi connectivity index (χ0v) is 14.6. The van der Waals surface area contributed by atoms with Crippen LogP contribution in [0.25, 0.3) is 0 Å². The van der Waals surface area contributed by atoms with Crippen LogP contribution in [-0.4, -0.2) is 32.8 Å². The van der Waals surface area contributed by atoms with Gasteiger partial charge in [-0.3, -0.25) is 14.6 Å². The third-order valence-electron chi connectivity index (χ3n) is 4.81. The highest BCUT2D eigenvalue weighted by Gasteiger charge is 2.21. The van der Waals surface area contributed by atoms with Crippen LogP contribution in [0.1, 0.15) is 42.4 Å². The molecule has 3 rings (SSSR count). The Hall–Kier alpha value is -1.68. The minimum absolute atomic E-state index is 0.722. The van der Waals surface area contributed by atoms with Gasteiger partial charge in [0.15, 0.2) is 0 Å². The van der Waals surface area contributed by atoms with E-state index in [0.29, 0.717) is 0 Å². The summed E-state index contributed by atoms with van der Waals surface area (Å²) in [5, 5.41) is 4.57. The monoisotopic (exact) mass is 312 g/mol. The van der Waals surface area contributed by atoms with Crippen LogP contribution in [0.3, 0.4) is 0 Å². The van der Waals surface area contributed by atoms with E-state index in [9.17, 15) is 0 Å². The molecular formula is C19H28N4. The van der Waals surface area contributed by atoms with Gasteiger partial charge in [0.25, 0.3) is 0 Å². The van der Waals surface area contributed by atoms with Gasteiger partial charge in [-0.25, -0.2) is 0 Å². The largest absolute Gasteiger partial charge is 0.299 e. The van der Waals surface area contributed by atoms with E-state index in [4.69, 9.17) is 0 Å². The first-order valence-corrected chi connectivity index (χ1v) is 8.82.